The zero-order valence-electron chi connectivity index (χ0n) is 14.5. The van der Waals surface area contributed by atoms with Gasteiger partial charge < -0.3 is 0 Å². The van der Waals surface area contributed by atoms with Crippen LogP contribution in [-0.4, -0.2) is 0 Å². The highest BCUT2D eigenvalue weighted by Gasteiger charge is 2.15. The predicted molar refractivity (Wildman–Crippen MR) is 100 cm³/mol. The molecule has 0 saturated carbocycles. The van der Waals surface area contributed by atoms with E-state index < -0.39 is 0 Å². The SMILES string of the molecule is CCc1ccc(-c2ccc(C[C@@H](C)C3C=CC=CC3)cc2)cc1F. The highest BCUT2D eigenvalue weighted by atomic mass is 19.1. The Bertz CT molecular complexity index is 737. The Hall–Kier alpha value is -2.15. The van der Waals surface area contributed by atoms with Crippen molar-refractivity contribution in [3.05, 3.63) is 83.7 Å². The summed E-state index contributed by atoms with van der Waals surface area (Å²) in [7, 11) is 0. The van der Waals surface area contributed by atoms with Crippen LogP contribution in [0.2, 0.25) is 0 Å². The third-order valence-corrected chi connectivity index (χ3v) is 5.02. The monoisotopic (exact) mass is 320 g/mol. The average Bonchev–Trinajstić information content (AvgIpc) is 2.63. The van der Waals surface area contributed by atoms with E-state index in [-0.39, 0.29) is 5.82 Å². The van der Waals surface area contributed by atoms with Gasteiger partial charge in [-0.25, -0.2) is 4.39 Å². The first kappa shape index (κ1) is 16.7. The first-order valence-corrected chi connectivity index (χ1v) is 8.88. The Balaban J connectivity index is 1.70. The quantitative estimate of drug-likeness (QED) is 0.601. The van der Waals surface area contributed by atoms with Crippen molar-refractivity contribution in [3.8, 4) is 11.1 Å². The minimum atomic E-state index is -0.107. The maximum Gasteiger partial charge on any atom is 0.127 e. The minimum Gasteiger partial charge on any atom is -0.207 e. The summed E-state index contributed by atoms with van der Waals surface area (Å²) in [6, 6.07) is 14.1. The summed E-state index contributed by atoms with van der Waals surface area (Å²) in [6.07, 6.45) is 11.8. The normalized spacial score (nSPS) is 17.9. The van der Waals surface area contributed by atoms with Gasteiger partial charge in [-0.3, -0.25) is 0 Å². The van der Waals surface area contributed by atoms with Gasteiger partial charge in [-0.15, -0.1) is 0 Å². The van der Waals surface area contributed by atoms with Gasteiger partial charge in [0, 0.05) is 0 Å². The molecule has 1 aliphatic rings. The van der Waals surface area contributed by atoms with Gasteiger partial charge in [0.05, 0.1) is 0 Å². The van der Waals surface area contributed by atoms with Crippen molar-refractivity contribution in [1.82, 2.24) is 0 Å². The van der Waals surface area contributed by atoms with Crippen LogP contribution in [0.25, 0.3) is 11.1 Å². The van der Waals surface area contributed by atoms with E-state index in [0.717, 1.165) is 36.0 Å². The Kier molecular flexibility index (Phi) is 5.30. The molecular weight excluding hydrogens is 295 g/mol. The van der Waals surface area contributed by atoms with Gasteiger partial charge in [0.1, 0.15) is 5.82 Å². The second kappa shape index (κ2) is 7.61. The summed E-state index contributed by atoms with van der Waals surface area (Å²) >= 11 is 0. The van der Waals surface area contributed by atoms with Crippen molar-refractivity contribution >= 4 is 0 Å². The maximum atomic E-state index is 14.0. The summed E-state index contributed by atoms with van der Waals surface area (Å²) < 4.78 is 14.0. The van der Waals surface area contributed by atoms with Gasteiger partial charge in [0.2, 0.25) is 0 Å². The lowest BCUT2D eigenvalue weighted by Gasteiger charge is -2.21. The van der Waals surface area contributed by atoms with Crippen molar-refractivity contribution in [2.75, 3.05) is 0 Å². The molecule has 1 unspecified atom stereocenters. The molecule has 2 aromatic carbocycles. The van der Waals surface area contributed by atoms with Crippen LogP contribution < -0.4 is 0 Å². The first-order valence-electron chi connectivity index (χ1n) is 8.88. The standard InChI is InChI=1S/C23H25F/c1-3-19-13-14-22(16-23(19)24)21-11-9-18(10-12-21)15-17(2)20-7-5-4-6-8-20/h4-7,9-14,16-17,20H,3,8,15H2,1-2H3/t17-,20?/m1/s1. The van der Waals surface area contributed by atoms with E-state index in [9.17, 15) is 4.39 Å². The summed E-state index contributed by atoms with van der Waals surface area (Å²) in [5, 5.41) is 0. The van der Waals surface area contributed by atoms with Crippen molar-refractivity contribution in [1.29, 1.82) is 0 Å². The number of halogens is 1. The second-order valence-electron chi connectivity index (χ2n) is 6.75. The number of hydrogen-bond acceptors (Lipinski definition) is 0. The lowest BCUT2D eigenvalue weighted by atomic mass is 9.84. The fourth-order valence-electron chi connectivity index (χ4n) is 3.39. The molecule has 0 amide bonds. The smallest absolute Gasteiger partial charge is 0.127 e. The Labute approximate surface area is 144 Å². The molecule has 1 heteroatoms. The van der Waals surface area contributed by atoms with Crippen molar-refractivity contribution in [2.45, 2.75) is 33.1 Å². The topological polar surface area (TPSA) is 0 Å². The van der Waals surface area contributed by atoms with Crippen LogP contribution in [0.15, 0.2) is 66.8 Å². The lowest BCUT2D eigenvalue weighted by Crippen LogP contribution is -2.12. The zero-order chi connectivity index (χ0) is 16.9. The highest BCUT2D eigenvalue weighted by molar-refractivity contribution is 5.64. The van der Waals surface area contributed by atoms with E-state index in [1.807, 2.05) is 19.1 Å². The second-order valence-corrected chi connectivity index (χ2v) is 6.75. The van der Waals surface area contributed by atoms with Gasteiger partial charge in [-0.1, -0.05) is 74.5 Å². The Morgan fingerprint density at radius 2 is 1.79 bits per heavy atom. The lowest BCUT2D eigenvalue weighted by molar-refractivity contribution is 0.427. The maximum absolute atomic E-state index is 14.0. The third kappa shape index (κ3) is 3.84. The summed E-state index contributed by atoms with van der Waals surface area (Å²) in [5.74, 6) is 1.15. The number of benzene rings is 2. The van der Waals surface area contributed by atoms with Crippen molar-refractivity contribution in [3.63, 3.8) is 0 Å². The van der Waals surface area contributed by atoms with Crippen LogP contribution in [-0.2, 0) is 12.8 Å². The van der Waals surface area contributed by atoms with Crippen molar-refractivity contribution < 1.29 is 4.39 Å². The molecule has 0 bridgehead atoms. The van der Waals surface area contributed by atoms with E-state index in [0.29, 0.717) is 11.8 Å². The number of hydrogen-bond donors (Lipinski definition) is 0. The van der Waals surface area contributed by atoms with Gasteiger partial charge in [-0.2, -0.15) is 0 Å². The van der Waals surface area contributed by atoms with Gasteiger partial charge >= 0.3 is 0 Å². The largest absolute Gasteiger partial charge is 0.207 e. The first-order chi connectivity index (χ1) is 11.7. The molecular formula is C23H25F. The van der Waals surface area contributed by atoms with Crippen LogP contribution in [0, 0.1) is 17.7 Å². The van der Waals surface area contributed by atoms with Crippen LogP contribution in [0.3, 0.4) is 0 Å². The average molecular weight is 320 g/mol. The summed E-state index contributed by atoms with van der Waals surface area (Å²) in [5.41, 5.74) is 4.15. The fourth-order valence-corrected chi connectivity index (χ4v) is 3.39. The molecule has 1 aliphatic carbocycles. The molecule has 2 atom stereocenters. The number of aryl methyl sites for hydroxylation is 1. The molecule has 0 heterocycles. The van der Waals surface area contributed by atoms with E-state index in [1.165, 1.54) is 5.56 Å². The van der Waals surface area contributed by atoms with Crippen LogP contribution in [0.1, 0.15) is 31.4 Å². The number of allylic oxidation sites excluding steroid dienone is 4. The molecule has 0 aliphatic heterocycles. The third-order valence-electron chi connectivity index (χ3n) is 5.02. The molecule has 0 spiro atoms. The van der Waals surface area contributed by atoms with Gasteiger partial charge in [0.25, 0.3) is 0 Å². The highest BCUT2D eigenvalue weighted by Crippen LogP contribution is 2.27. The number of rotatable bonds is 5. The van der Waals surface area contributed by atoms with Gasteiger partial charge in [0.15, 0.2) is 0 Å². The van der Waals surface area contributed by atoms with Gasteiger partial charge in [-0.05, 0) is 59.4 Å². The van der Waals surface area contributed by atoms with E-state index in [4.69, 9.17) is 0 Å². The molecule has 0 radical (unpaired) electrons. The van der Waals surface area contributed by atoms with Crippen LogP contribution >= 0.6 is 0 Å². The van der Waals surface area contributed by atoms with E-state index in [1.54, 1.807) is 6.07 Å². The Morgan fingerprint density at radius 1 is 1.04 bits per heavy atom. The summed E-state index contributed by atoms with van der Waals surface area (Å²) in [6.45, 7) is 4.30. The molecule has 0 N–H and O–H groups in total. The molecule has 2 aromatic rings. The fraction of sp³-hybridized carbons (Fsp3) is 0.304. The molecule has 0 fully saturated rings. The molecule has 24 heavy (non-hydrogen) atoms. The Morgan fingerprint density at radius 3 is 2.42 bits per heavy atom. The molecule has 124 valence electrons. The molecule has 0 nitrogen and oxygen atoms in total. The summed E-state index contributed by atoms with van der Waals surface area (Å²) in [4.78, 5) is 0. The minimum absolute atomic E-state index is 0.107. The van der Waals surface area contributed by atoms with Crippen molar-refractivity contribution in [2.24, 2.45) is 11.8 Å². The molecule has 0 aromatic heterocycles. The zero-order valence-corrected chi connectivity index (χ0v) is 14.5. The van der Waals surface area contributed by atoms with E-state index in [2.05, 4.69) is 55.5 Å². The van der Waals surface area contributed by atoms with Crippen LogP contribution in [0.4, 0.5) is 4.39 Å². The molecule has 3 rings (SSSR count). The molecule has 0 saturated heterocycles. The predicted octanol–water partition coefficient (Wildman–Crippen LogP) is 6.37. The van der Waals surface area contributed by atoms with Crippen LogP contribution in [0.5, 0.6) is 0 Å². The van der Waals surface area contributed by atoms with E-state index >= 15 is 0 Å².